The van der Waals surface area contributed by atoms with Gasteiger partial charge in [0, 0.05) is 16.7 Å². The standard InChI is InChI=1S/C13H19NS/c1-10(2)9-15-13-7-5-6-12(8-13)11(3)14-4/h5-8,11,14H,1,9H2,2-4H3. The highest BCUT2D eigenvalue weighted by atomic mass is 32.2. The van der Waals surface area contributed by atoms with Crippen LogP contribution in [-0.2, 0) is 0 Å². The van der Waals surface area contributed by atoms with E-state index in [2.05, 4.69) is 50.0 Å². The van der Waals surface area contributed by atoms with E-state index in [-0.39, 0.29) is 0 Å². The lowest BCUT2D eigenvalue weighted by Crippen LogP contribution is -2.11. The Balaban J connectivity index is 2.69. The highest BCUT2D eigenvalue weighted by molar-refractivity contribution is 7.99. The third-order valence-corrected chi connectivity index (χ3v) is 3.50. The van der Waals surface area contributed by atoms with Crippen molar-refractivity contribution >= 4 is 11.8 Å². The number of thioether (sulfide) groups is 1. The maximum Gasteiger partial charge on any atom is 0.0289 e. The molecule has 15 heavy (non-hydrogen) atoms. The zero-order chi connectivity index (χ0) is 11.3. The van der Waals surface area contributed by atoms with E-state index in [1.165, 1.54) is 16.0 Å². The first kappa shape index (κ1) is 12.3. The summed E-state index contributed by atoms with van der Waals surface area (Å²) >= 11 is 1.84. The predicted molar refractivity (Wildman–Crippen MR) is 69.5 cm³/mol. The first-order valence-corrected chi connectivity index (χ1v) is 6.16. The quantitative estimate of drug-likeness (QED) is 0.602. The van der Waals surface area contributed by atoms with Crippen LogP contribution in [0.1, 0.15) is 25.5 Å². The average Bonchev–Trinajstić information content (AvgIpc) is 2.25. The summed E-state index contributed by atoms with van der Waals surface area (Å²) in [6, 6.07) is 9.08. The van der Waals surface area contributed by atoms with E-state index in [1.54, 1.807) is 0 Å². The van der Waals surface area contributed by atoms with Gasteiger partial charge in [-0.25, -0.2) is 0 Å². The van der Waals surface area contributed by atoms with Crippen molar-refractivity contribution in [2.75, 3.05) is 12.8 Å². The number of rotatable bonds is 5. The third-order valence-electron chi connectivity index (χ3n) is 2.28. The van der Waals surface area contributed by atoms with E-state index in [1.807, 2.05) is 18.8 Å². The van der Waals surface area contributed by atoms with Crippen LogP contribution in [0.25, 0.3) is 0 Å². The average molecular weight is 221 g/mol. The zero-order valence-corrected chi connectivity index (χ0v) is 10.5. The Labute approximate surface area is 97.0 Å². The van der Waals surface area contributed by atoms with Crippen LogP contribution in [0.15, 0.2) is 41.3 Å². The Morgan fingerprint density at radius 1 is 1.53 bits per heavy atom. The zero-order valence-electron chi connectivity index (χ0n) is 9.71. The van der Waals surface area contributed by atoms with E-state index >= 15 is 0 Å². The van der Waals surface area contributed by atoms with Gasteiger partial charge in [-0.1, -0.05) is 24.3 Å². The van der Waals surface area contributed by atoms with Crippen LogP contribution in [-0.4, -0.2) is 12.8 Å². The molecule has 2 heteroatoms. The Morgan fingerprint density at radius 2 is 2.27 bits per heavy atom. The van der Waals surface area contributed by atoms with E-state index < -0.39 is 0 Å². The van der Waals surface area contributed by atoms with E-state index in [4.69, 9.17) is 0 Å². The number of hydrogen-bond donors (Lipinski definition) is 1. The number of nitrogens with one attached hydrogen (secondary N) is 1. The maximum absolute atomic E-state index is 3.91. The van der Waals surface area contributed by atoms with Gasteiger partial charge in [0.15, 0.2) is 0 Å². The van der Waals surface area contributed by atoms with Crippen LogP contribution in [0, 0.1) is 0 Å². The second-order valence-electron chi connectivity index (χ2n) is 3.83. The molecule has 0 aliphatic heterocycles. The molecular weight excluding hydrogens is 202 g/mol. The summed E-state index contributed by atoms with van der Waals surface area (Å²) in [4.78, 5) is 1.32. The molecule has 1 atom stereocenters. The van der Waals surface area contributed by atoms with Crippen molar-refractivity contribution < 1.29 is 0 Å². The topological polar surface area (TPSA) is 12.0 Å². The molecule has 0 heterocycles. The van der Waals surface area contributed by atoms with Gasteiger partial charge in [-0.2, -0.15) is 0 Å². The molecule has 1 nitrogen and oxygen atoms in total. The lowest BCUT2D eigenvalue weighted by atomic mass is 10.1. The lowest BCUT2D eigenvalue weighted by molar-refractivity contribution is 0.651. The molecule has 0 bridgehead atoms. The minimum Gasteiger partial charge on any atom is -0.313 e. The molecule has 0 spiro atoms. The second kappa shape index (κ2) is 5.99. The highest BCUT2D eigenvalue weighted by Gasteiger charge is 2.03. The van der Waals surface area contributed by atoms with Gasteiger partial charge in [-0.15, -0.1) is 11.8 Å². The summed E-state index contributed by atoms with van der Waals surface area (Å²) in [5.74, 6) is 0.997. The Kier molecular flexibility index (Phi) is 4.92. The van der Waals surface area contributed by atoms with Crippen LogP contribution in [0.2, 0.25) is 0 Å². The molecule has 0 saturated heterocycles. The molecule has 0 aliphatic rings. The summed E-state index contributed by atoms with van der Waals surface area (Å²) in [6.45, 7) is 8.14. The van der Waals surface area contributed by atoms with Gasteiger partial charge in [-0.05, 0) is 38.6 Å². The Hall–Kier alpha value is -0.730. The van der Waals surface area contributed by atoms with Crippen LogP contribution in [0.5, 0.6) is 0 Å². The number of benzene rings is 1. The summed E-state index contributed by atoms with van der Waals surface area (Å²) < 4.78 is 0. The smallest absolute Gasteiger partial charge is 0.0289 e. The Bertz CT molecular complexity index is 333. The first-order valence-electron chi connectivity index (χ1n) is 5.18. The number of hydrogen-bond acceptors (Lipinski definition) is 2. The van der Waals surface area contributed by atoms with Crippen molar-refractivity contribution in [3.8, 4) is 0 Å². The summed E-state index contributed by atoms with van der Waals surface area (Å²) in [5, 5.41) is 3.25. The van der Waals surface area contributed by atoms with Gasteiger partial charge >= 0.3 is 0 Å². The normalized spacial score (nSPS) is 12.5. The lowest BCUT2D eigenvalue weighted by Gasteiger charge is -2.11. The molecule has 0 radical (unpaired) electrons. The fourth-order valence-electron chi connectivity index (χ4n) is 1.25. The first-order chi connectivity index (χ1) is 7.13. The van der Waals surface area contributed by atoms with Gasteiger partial charge in [0.1, 0.15) is 0 Å². The van der Waals surface area contributed by atoms with E-state index in [9.17, 15) is 0 Å². The van der Waals surface area contributed by atoms with Crippen molar-refractivity contribution in [3.63, 3.8) is 0 Å². The molecule has 0 aliphatic carbocycles. The Morgan fingerprint density at radius 3 is 2.87 bits per heavy atom. The monoisotopic (exact) mass is 221 g/mol. The molecule has 1 rings (SSSR count). The molecule has 1 N–H and O–H groups in total. The highest BCUT2D eigenvalue weighted by Crippen LogP contribution is 2.23. The van der Waals surface area contributed by atoms with Gasteiger partial charge in [0.05, 0.1) is 0 Å². The molecule has 0 aromatic heterocycles. The SMILES string of the molecule is C=C(C)CSc1cccc(C(C)NC)c1. The van der Waals surface area contributed by atoms with Crippen molar-refractivity contribution in [2.45, 2.75) is 24.8 Å². The molecule has 0 amide bonds. The minimum absolute atomic E-state index is 0.412. The maximum atomic E-state index is 3.91. The third kappa shape index (κ3) is 4.10. The second-order valence-corrected chi connectivity index (χ2v) is 4.88. The van der Waals surface area contributed by atoms with Crippen LogP contribution < -0.4 is 5.32 Å². The molecule has 82 valence electrons. The van der Waals surface area contributed by atoms with Crippen molar-refractivity contribution in [3.05, 3.63) is 42.0 Å². The van der Waals surface area contributed by atoms with Crippen LogP contribution in [0.4, 0.5) is 0 Å². The summed E-state index contributed by atoms with van der Waals surface area (Å²) in [5.41, 5.74) is 2.55. The van der Waals surface area contributed by atoms with Crippen molar-refractivity contribution in [2.24, 2.45) is 0 Å². The van der Waals surface area contributed by atoms with Gasteiger partial charge < -0.3 is 5.32 Å². The summed E-state index contributed by atoms with van der Waals surface area (Å²) in [6.07, 6.45) is 0. The molecular formula is C13H19NS. The molecule has 1 aromatic rings. The summed E-state index contributed by atoms with van der Waals surface area (Å²) in [7, 11) is 1.98. The van der Waals surface area contributed by atoms with Crippen molar-refractivity contribution in [1.82, 2.24) is 5.32 Å². The molecule has 0 saturated carbocycles. The fraction of sp³-hybridized carbons (Fsp3) is 0.385. The minimum atomic E-state index is 0.412. The molecule has 0 fully saturated rings. The predicted octanol–water partition coefficient (Wildman–Crippen LogP) is 3.64. The van der Waals surface area contributed by atoms with Gasteiger partial charge in [-0.3, -0.25) is 0 Å². The van der Waals surface area contributed by atoms with E-state index in [0.717, 1.165) is 5.75 Å². The molecule has 1 unspecified atom stereocenters. The van der Waals surface area contributed by atoms with Crippen LogP contribution >= 0.6 is 11.8 Å². The van der Waals surface area contributed by atoms with Crippen molar-refractivity contribution in [1.29, 1.82) is 0 Å². The fourth-order valence-corrected chi connectivity index (χ4v) is 2.05. The van der Waals surface area contributed by atoms with Gasteiger partial charge in [0.2, 0.25) is 0 Å². The molecule has 1 aromatic carbocycles. The van der Waals surface area contributed by atoms with E-state index in [0.29, 0.717) is 6.04 Å². The largest absolute Gasteiger partial charge is 0.313 e. The van der Waals surface area contributed by atoms with Crippen LogP contribution in [0.3, 0.4) is 0 Å². The van der Waals surface area contributed by atoms with Gasteiger partial charge in [0.25, 0.3) is 0 Å².